The van der Waals surface area contributed by atoms with Crippen LogP contribution < -0.4 is 29.3 Å². The van der Waals surface area contributed by atoms with Gasteiger partial charge >= 0.3 is 18.9 Å². The molecule has 53 heavy (non-hydrogen) atoms. The minimum atomic E-state index is -3.93. The van der Waals surface area contributed by atoms with Crippen molar-refractivity contribution in [3.8, 4) is 23.0 Å². The van der Waals surface area contributed by atoms with Crippen molar-refractivity contribution < 1.29 is 74.8 Å². The van der Waals surface area contributed by atoms with Crippen LogP contribution in [0.2, 0.25) is 0 Å². The normalized spacial score (nSPS) is 11.1. The van der Waals surface area contributed by atoms with Gasteiger partial charge in [-0.25, -0.2) is 13.6 Å². The third-order valence-electron chi connectivity index (χ3n) is 7.15. The number of azo groups is 2. The van der Waals surface area contributed by atoms with Gasteiger partial charge in [0.15, 0.2) is 0 Å². The molecule has 0 radical (unpaired) electrons. The quantitative estimate of drug-likeness (QED) is 0.0560. The van der Waals surface area contributed by atoms with Crippen molar-refractivity contribution in [3.63, 3.8) is 0 Å². The van der Waals surface area contributed by atoms with Gasteiger partial charge in [-0.2, -0.15) is 0 Å². The molecule has 0 atom stereocenters. The van der Waals surface area contributed by atoms with Crippen LogP contribution in [0.25, 0.3) is 21.5 Å². The minimum Gasteiger partial charge on any atom is -0.506 e. The average Bonchev–Trinajstić information content (AvgIpc) is 3.08. The van der Waals surface area contributed by atoms with Crippen molar-refractivity contribution in [1.82, 2.24) is 0 Å². The number of primary sulfonamides is 1. The number of nitrogens with two attached hydrogens (primary N) is 1. The fourth-order valence-electron chi connectivity index (χ4n) is 4.77. The molecule has 1 amide bonds. The summed E-state index contributed by atoms with van der Waals surface area (Å²) in [6, 6.07) is 25.5. The molecule has 0 aliphatic carbocycles. The van der Waals surface area contributed by atoms with Crippen molar-refractivity contribution in [2.75, 3.05) is 5.32 Å². The number of benzene rings is 6. The van der Waals surface area contributed by atoms with Crippen LogP contribution in [-0.2, 0) is 32.2 Å². The van der Waals surface area contributed by atoms with E-state index in [9.17, 15) is 43.8 Å². The Hall–Kier alpha value is -5.85. The molecule has 0 heterocycles. The molecule has 7 N–H and O–H groups in total. The van der Waals surface area contributed by atoms with E-state index in [0.29, 0.717) is 21.8 Å². The van der Waals surface area contributed by atoms with Crippen LogP contribution in [0.4, 0.5) is 34.1 Å². The maximum atomic E-state index is 11.5. The van der Waals surface area contributed by atoms with E-state index >= 15 is 0 Å². The summed E-state index contributed by atoms with van der Waals surface area (Å²) in [5, 5.41) is 76.8. The number of carbonyl (C=O) groups excluding carboxylic acids is 1. The topological polar surface area (TPSA) is 263 Å². The fraction of sp³-hybridized carbons (Fsp3) is 0.0294. The van der Waals surface area contributed by atoms with Gasteiger partial charge in [-0.3, -0.25) is 14.9 Å². The second-order valence-corrected chi connectivity index (χ2v) is 12.3. The Kier molecular flexibility index (Phi) is 13.8. The smallest absolute Gasteiger partial charge is 0.506 e. The molecular weight excluding hydrogens is 741 g/mol. The van der Waals surface area contributed by atoms with Crippen molar-refractivity contribution in [1.29, 1.82) is 0 Å². The van der Waals surface area contributed by atoms with Crippen LogP contribution in [0.3, 0.4) is 0 Å². The Bertz CT molecular complexity index is 2520. The van der Waals surface area contributed by atoms with Crippen LogP contribution in [0.1, 0.15) is 6.92 Å². The number of rotatable bonds is 7. The van der Waals surface area contributed by atoms with Crippen LogP contribution >= 0.6 is 0 Å². The minimum absolute atomic E-state index is 0. The van der Waals surface area contributed by atoms with Gasteiger partial charge in [0.25, 0.3) is 5.69 Å². The first kappa shape index (κ1) is 41.6. The van der Waals surface area contributed by atoms with E-state index < -0.39 is 14.9 Å². The van der Waals surface area contributed by atoms with E-state index in [-0.39, 0.29) is 98.5 Å². The largest absolute Gasteiger partial charge is 1.00 e. The number of hydrogen-bond acceptors (Lipinski definition) is 13. The average molecular weight is 769 g/mol. The Balaban J connectivity index is 0.000000277. The zero-order valence-corrected chi connectivity index (χ0v) is 29.9. The Morgan fingerprint density at radius 3 is 1.91 bits per heavy atom. The zero-order valence-electron chi connectivity index (χ0n) is 27.8. The maximum Gasteiger partial charge on any atom is 1.00 e. The standard InChI is InChI=1S/C18H14N4O5.C16H13N3O4S.Cr.Li/c1-10(23)19-13-4-2-3-11-5-7-16(25)18(17(11)13)21-20-14-9-12(22(26)27)6-8-15(14)24;17-24(22,23)11-6-8-14(20)13(9-11)18-19-16-12-4-2-1-3-10(12)5-7-15(16)21;;/h2-9,24-25H,1H3,(H,19,23);1-9,20-21H,(H2,17,22,23);;/q;;;+1. The molecule has 0 saturated carbocycles. The summed E-state index contributed by atoms with van der Waals surface area (Å²) in [6.07, 6.45) is 0. The molecular formula is C34H27CrLiN7O9S+. The molecule has 0 bridgehead atoms. The van der Waals surface area contributed by atoms with E-state index in [0.717, 1.165) is 35.7 Å². The summed E-state index contributed by atoms with van der Waals surface area (Å²) >= 11 is 0. The molecule has 6 rings (SSSR count). The van der Waals surface area contributed by atoms with Gasteiger partial charge in [0.1, 0.15) is 45.7 Å². The Morgan fingerprint density at radius 1 is 0.717 bits per heavy atom. The second-order valence-electron chi connectivity index (χ2n) is 10.7. The van der Waals surface area contributed by atoms with Crippen molar-refractivity contribution in [3.05, 3.63) is 113 Å². The first-order chi connectivity index (χ1) is 24.2. The van der Waals surface area contributed by atoms with E-state index in [1.165, 1.54) is 25.1 Å². The van der Waals surface area contributed by atoms with E-state index in [1.54, 1.807) is 42.5 Å². The van der Waals surface area contributed by atoms with Crippen LogP contribution in [0, 0.1) is 10.1 Å². The number of phenols is 4. The predicted octanol–water partition coefficient (Wildman–Crippen LogP) is 4.85. The van der Waals surface area contributed by atoms with Crippen LogP contribution in [-0.4, -0.2) is 39.7 Å². The monoisotopic (exact) mass is 768 g/mol. The first-order valence-corrected chi connectivity index (χ1v) is 16.2. The number of nitrogens with one attached hydrogen (secondary N) is 1. The summed E-state index contributed by atoms with van der Waals surface area (Å²) in [5.74, 6) is -1.14. The van der Waals surface area contributed by atoms with Gasteiger partial charge in [-0.1, -0.05) is 48.5 Å². The van der Waals surface area contributed by atoms with E-state index in [1.807, 2.05) is 12.1 Å². The Labute approximate surface area is 323 Å². The Morgan fingerprint density at radius 2 is 1.26 bits per heavy atom. The number of aromatic hydroxyl groups is 4. The van der Waals surface area contributed by atoms with Gasteiger partial charge in [-0.15, -0.1) is 20.5 Å². The number of sulfonamides is 1. The molecule has 0 unspecified atom stereocenters. The summed E-state index contributed by atoms with van der Waals surface area (Å²) in [5.41, 5.74) is 0.235. The number of phenolic OH excluding ortho intramolecular Hbond substituents is 4. The molecule has 0 saturated heterocycles. The second kappa shape index (κ2) is 17.6. The molecule has 0 aliphatic heterocycles. The number of fused-ring (bicyclic) bond motifs is 2. The number of amides is 1. The first-order valence-electron chi connectivity index (χ1n) is 14.6. The van der Waals surface area contributed by atoms with Gasteiger partial charge in [0, 0.05) is 47.2 Å². The van der Waals surface area contributed by atoms with Crippen molar-refractivity contribution in [2.24, 2.45) is 25.6 Å². The molecule has 19 heteroatoms. The predicted molar refractivity (Wildman–Crippen MR) is 188 cm³/mol. The maximum absolute atomic E-state index is 11.5. The molecule has 6 aromatic carbocycles. The summed E-state index contributed by atoms with van der Waals surface area (Å²) in [4.78, 5) is 21.5. The number of hydrogen-bond donors (Lipinski definition) is 6. The van der Waals surface area contributed by atoms with E-state index in [2.05, 4.69) is 25.8 Å². The fourth-order valence-corrected chi connectivity index (χ4v) is 5.30. The number of nitrogens with zero attached hydrogens (tertiary/aromatic N) is 5. The van der Waals surface area contributed by atoms with Crippen molar-refractivity contribution in [2.45, 2.75) is 11.8 Å². The SMILES string of the molecule is CC(=O)Nc1cccc2ccc(O)c(N=Nc3cc([N+](=O)[O-])ccc3O)c12.NS(=O)(=O)c1ccc(O)c(N=Nc2c(O)ccc3ccccc23)c1.[Cr].[Li+]. The molecule has 0 spiro atoms. The van der Waals surface area contributed by atoms with Gasteiger partial charge in [0.05, 0.1) is 15.5 Å². The van der Waals surface area contributed by atoms with Crippen LogP contribution in [0.5, 0.6) is 23.0 Å². The number of carbonyl (C=O) groups is 1. The molecule has 6 aromatic rings. The molecule has 16 nitrogen and oxygen atoms in total. The number of nitro groups is 1. The molecule has 0 aliphatic rings. The van der Waals surface area contributed by atoms with Gasteiger partial charge < -0.3 is 25.7 Å². The summed E-state index contributed by atoms with van der Waals surface area (Å²) in [7, 11) is -3.93. The zero-order chi connectivity index (χ0) is 36.9. The molecule has 264 valence electrons. The van der Waals surface area contributed by atoms with Crippen LogP contribution in [0.15, 0.2) is 128 Å². The number of anilines is 1. The third-order valence-corrected chi connectivity index (χ3v) is 8.06. The van der Waals surface area contributed by atoms with E-state index in [4.69, 9.17) is 5.14 Å². The van der Waals surface area contributed by atoms with Crippen molar-refractivity contribution >= 4 is 71.6 Å². The summed E-state index contributed by atoms with van der Waals surface area (Å²) < 4.78 is 22.8. The summed E-state index contributed by atoms with van der Waals surface area (Å²) in [6.45, 7) is 1.35. The molecule has 0 aromatic heterocycles. The van der Waals surface area contributed by atoms with Gasteiger partial charge in [-0.05, 0) is 53.2 Å². The molecule has 0 fully saturated rings. The number of non-ortho nitro benzene ring substituents is 1. The van der Waals surface area contributed by atoms with Gasteiger partial charge in [0.2, 0.25) is 15.9 Å². The number of nitro benzene ring substituents is 1. The third kappa shape index (κ3) is 9.94.